The number of nitro groups is 1. The van der Waals surface area contributed by atoms with Crippen molar-refractivity contribution in [1.82, 2.24) is 9.88 Å². The molecule has 0 aliphatic rings. The molecule has 0 unspecified atom stereocenters. The summed E-state index contributed by atoms with van der Waals surface area (Å²) in [6.07, 6.45) is 4.33. The molecular weight excluding hydrogens is 208 g/mol. The van der Waals surface area contributed by atoms with Crippen LogP contribution >= 0.6 is 0 Å². The van der Waals surface area contributed by atoms with Gasteiger partial charge in [-0.1, -0.05) is 0 Å². The molecule has 0 aromatic carbocycles. The van der Waals surface area contributed by atoms with Crippen molar-refractivity contribution in [1.29, 1.82) is 5.26 Å². The van der Waals surface area contributed by atoms with Gasteiger partial charge in [0.05, 0.1) is 10.5 Å². The molecule has 16 heavy (non-hydrogen) atoms. The first kappa shape index (κ1) is 11.7. The molecule has 0 aliphatic heterocycles. The fourth-order valence-corrected chi connectivity index (χ4v) is 1.04. The Balaban J connectivity index is 3.22. The van der Waals surface area contributed by atoms with Crippen LogP contribution in [0, 0.1) is 21.4 Å². The van der Waals surface area contributed by atoms with Crippen molar-refractivity contribution in [2.45, 2.75) is 0 Å². The SMILES string of the molecule is CN(C)/C=C/c1cc(C#N)ncc1[N+](=O)[O-]. The van der Waals surface area contributed by atoms with Crippen LogP contribution in [-0.4, -0.2) is 28.9 Å². The number of pyridine rings is 1. The van der Waals surface area contributed by atoms with E-state index in [1.807, 2.05) is 6.07 Å². The van der Waals surface area contributed by atoms with Crippen LogP contribution in [0.25, 0.3) is 6.08 Å². The highest BCUT2D eigenvalue weighted by molar-refractivity contribution is 5.61. The van der Waals surface area contributed by atoms with Gasteiger partial charge in [-0.05, 0) is 18.3 Å². The van der Waals surface area contributed by atoms with Gasteiger partial charge in [0.15, 0.2) is 0 Å². The second kappa shape index (κ2) is 4.89. The predicted octanol–water partition coefficient (Wildman–Crippen LogP) is 1.39. The van der Waals surface area contributed by atoms with Gasteiger partial charge < -0.3 is 4.90 Å². The van der Waals surface area contributed by atoms with E-state index >= 15 is 0 Å². The molecule has 0 radical (unpaired) electrons. The monoisotopic (exact) mass is 218 g/mol. The van der Waals surface area contributed by atoms with Crippen molar-refractivity contribution < 1.29 is 4.92 Å². The zero-order valence-corrected chi connectivity index (χ0v) is 8.91. The van der Waals surface area contributed by atoms with E-state index in [1.165, 1.54) is 6.07 Å². The summed E-state index contributed by atoms with van der Waals surface area (Å²) in [5.74, 6) is 0. The third-order valence-corrected chi connectivity index (χ3v) is 1.78. The Labute approximate surface area is 92.6 Å². The summed E-state index contributed by atoms with van der Waals surface area (Å²) in [6, 6.07) is 3.23. The largest absolute Gasteiger partial charge is 0.383 e. The Hall–Kier alpha value is -2.42. The molecule has 0 saturated carbocycles. The summed E-state index contributed by atoms with van der Waals surface area (Å²) < 4.78 is 0. The maximum absolute atomic E-state index is 10.7. The maximum atomic E-state index is 10.7. The third kappa shape index (κ3) is 2.78. The molecule has 0 spiro atoms. The van der Waals surface area contributed by atoms with Crippen molar-refractivity contribution in [2.24, 2.45) is 0 Å². The highest BCUT2D eigenvalue weighted by Crippen LogP contribution is 2.19. The van der Waals surface area contributed by atoms with E-state index in [1.54, 1.807) is 31.3 Å². The van der Waals surface area contributed by atoms with Gasteiger partial charge in [0.2, 0.25) is 0 Å². The van der Waals surface area contributed by atoms with Crippen molar-refractivity contribution in [2.75, 3.05) is 14.1 Å². The molecule has 1 aromatic heterocycles. The van der Waals surface area contributed by atoms with Gasteiger partial charge in [0.25, 0.3) is 5.69 Å². The molecule has 1 aromatic rings. The van der Waals surface area contributed by atoms with Crippen LogP contribution in [0.3, 0.4) is 0 Å². The van der Waals surface area contributed by atoms with E-state index < -0.39 is 4.92 Å². The Morgan fingerprint density at radius 1 is 1.62 bits per heavy atom. The van der Waals surface area contributed by atoms with Crippen LogP contribution in [-0.2, 0) is 0 Å². The standard InChI is InChI=1S/C10H10N4O2/c1-13(2)4-3-8-5-9(6-11)12-7-10(8)14(15)16/h3-5,7H,1-2H3/b4-3+. The molecule has 0 bridgehead atoms. The van der Waals surface area contributed by atoms with E-state index in [0.717, 1.165) is 6.20 Å². The van der Waals surface area contributed by atoms with Crippen molar-refractivity contribution >= 4 is 11.8 Å². The van der Waals surface area contributed by atoms with Crippen LogP contribution in [0.15, 0.2) is 18.5 Å². The van der Waals surface area contributed by atoms with E-state index in [9.17, 15) is 10.1 Å². The first-order valence-corrected chi connectivity index (χ1v) is 4.43. The first-order valence-electron chi connectivity index (χ1n) is 4.43. The molecule has 0 atom stereocenters. The number of hydrogen-bond donors (Lipinski definition) is 0. The zero-order valence-electron chi connectivity index (χ0n) is 8.91. The molecule has 1 rings (SSSR count). The highest BCUT2D eigenvalue weighted by Gasteiger charge is 2.12. The number of hydrogen-bond acceptors (Lipinski definition) is 5. The Morgan fingerprint density at radius 2 is 2.31 bits per heavy atom. The lowest BCUT2D eigenvalue weighted by Gasteiger charge is -2.03. The number of aromatic nitrogens is 1. The van der Waals surface area contributed by atoms with Crippen molar-refractivity contribution in [3.05, 3.63) is 39.8 Å². The fraction of sp³-hybridized carbons (Fsp3) is 0.200. The normalized spacial score (nSPS) is 10.1. The van der Waals surface area contributed by atoms with Gasteiger partial charge in [0, 0.05) is 14.1 Å². The molecule has 6 heteroatoms. The first-order chi connectivity index (χ1) is 7.54. The second-order valence-corrected chi connectivity index (χ2v) is 3.28. The Morgan fingerprint density at radius 3 is 2.81 bits per heavy atom. The van der Waals surface area contributed by atoms with Crippen LogP contribution < -0.4 is 0 Å². The van der Waals surface area contributed by atoms with Gasteiger partial charge in [-0.3, -0.25) is 10.1 Å². The Kier molecular flexibility index (Phi) is 3.56. The number of nitrogens with zero attached hydrogens (tertiary/aromatic N) is 4. The lowest BCUT2D eigenvalue weighted by atomic mass is 10.2. The summed E-state index contributed by atoms with van der Waals surface area (Å²) in [7, 11) is 3.60. The molecule has 0 aliphatic carbocycles. The average Bonchev–Trinajstić information content (AvgIpc) is 2.25. The summed E-state index contributed by atoms with van der Waals surface area (Å²) in [5.41, 5.74) is 0.409. The molecule has 0 saturated heterocycles. The molecule has 82 valence electrons. The smallest absolute Gasteiger partial charge is 0.294 e. The van der Waals surface area contributed by atoms with Crippen molar-refractivity contribution in [3.8, 4) is 6.07 Å². The lowest BCUT2D eigenvalue weighted by molar-refractivity contribution is -0.385. The van der Waals surface area contributed by atoms with Crippen LogP contribution in [0.4, 0.5) is 5.69 Å². The minimum absolute atomic E-state index is 0.114. The Bertz CT molecular complexity index is 474. The maximum Gasteiger partial charge on any atom is 0.294 e. The van der Waals surface area contributed by atoms with Crippen LogP contribution in [0.1, 0.15) is 11.3 Å². The minimum atomic E-state index is -0.524. The molecule has 6 nitrogen and oxygen atoms in total. The van der Waals surface area contributed by atoms with Crippen LogP contribution in [0.5, 0.6) is 0 Å². The van der Waals surface area contributed by atoms with Gasteiger partial charge in [0.1, 0.15) is 18.0 Å². The van der Waals surface area contributed by atoms with E-state index in [4.69, 9.17) is 5.26 Å². The van der Waals surface area contributed by atoms with E-state index in [-0.39, 0.29) is 11.4 Å². The molecule has 0 N–H and O–H groups in total. The van der Waals surface area contributed by atoms with Crippen LogP contribution in [0.2, 0.25) is 0 Å². The summed E-state index contributed by atoms with van der Waals surface area (Å²) in [6.45, 7) is 0. The highest BCUT2D eigenvalue weighted by atomic mass is 16.6. The fourth-order valence-electron chi connectivity index (χ4n) is 1.04. The molecule has 0 amide bonds. The van der Waals surface area contributed by atoms with E-state index in [2.05, 4.69) is 4.98 Å². The summed E-state index contributed by atoms with van der Waals surface area (Å²) in [5, 5.41) is 19.4. The molecule has 1 heterocycles. The minimum Gasteiger partial charge on any atom is -0.383 e. The van der Waals surface area contributed by atoms with Gasteiger partial charge in [-0.2, -0.15) is 5.26 Å². The van der Waals surface area contributed by atoms with Gasteiger partial charge in [-0.25, -0.2) is 4.98 Å². The van der Waals surface area contributed by atoms with Gasteiger partial charge >= 0.3 is 0 Å². The summed E-state index contributed by atoms with van der Waals surface area (Å²) >= 11 is 0. The predicted molar refractivity (Wildman–Crippen MR) is 58.3 cm³/mol. The molecule has 0 fully saturated rings. The summed E-state index contributed by atoms with van der Waals surface area (Å²) in [4.78, 5) is 15.6. The lowest BCUT2D eigenvalue weighted by Crippen LogP contribution is -2.00. The number of rotatable bonds is 3. The molecular formula is C10H10N4O2. The zero-order chi connectivity index (χ0) is 12.1. The van der Waals surface area contributed by atoms with E-state index in [0.29, 0.717) is 5.56 Å². The topological polar surface area (TPSA) is 83.1 Å². The second-order valence-electron chi connectivity index (χ2n) is 3.28. The third-order valence-electron chi connectivity index (χ3n) is 1.78. The van der Waals surface area contributed by atoms with Gasteiger partial charge in [-0.15, -0.1) is 0 Å². The quantitative estimate of drug-likeness (QED) is 0.565. The van der Waals surface area contributed by atoms with Crippen molar-refractivity contribution in [3.63, 3.8) is 0 Å². The average molecular weight is 218 g/mol. The number of nitriles is 1.